The molecule has 0 bridgehead atoms. The van der Waals surface area contributed by atoms with Gasteiger partial charge in [-0.1, -0.05) is 62.2 Å². The fourth-order valence-corrected chi connectivity index (χ4v) is 4.14. The van der Waals surface area contributed by atoms with Gasteiger partial charge in [0.15, 0.2) is 6.29 Å². The quantitative estimate of drug-likeness (QED) is 0.213. The predicted octanol–water partition coefficient (Wildman–Crippen LogP) is 8.14. The molecule has 162 valence electrons. The van der Waals surface area contributed by atoms with Crippen LogP contribution in [0.15, 0.2) is 66.7 Å². The Labute approximate surface area is 185 Å². The Morgan fingerprint density at radius 1 is 0.781 bits per heavy atom. The Morgan fingerprint density at radius 2 is 1.50 bits per heavy atom. The molecule has 0 amide bonds. The highest BCUT2D eigenvalue weighted by Gasteiger charge is 2.17. The number of unbranched alkanes of at least 4 members (excludes halogenated alkanes) is 2. The molecule has 0 atom stereocenters. The number of aldehydes is 1. The van der Waals surface area contributed by atoms with E-state index in [2.05, 4.69) is 13.0 Å². The first-order chi connectivity index (χ1) is 15.5. The third kappa shape index (κ3) is 4.31. The SMILES string of the molecule is CCCCCc1ccc2c(C=O)c(-c3cc(F)c(-c4ccc(F)cc4)c(F)c3)ccc2c1. The van der Waals surface area contributed by atoms with Crippen molar-refractivity contribution >= 4 is 17.1 Å². The van der Waals surface area contributed by atoms with Crippen molar-refractivity contribution in [1.29, 1.82) is 0 Å². The molecular formula is C28H23F3O. The van der Waals surface area contributed by atoms with E-state index in [1.165, 1.54) is 36.2 Å². The maximum Gasteiger partial charge on any atom is 0.151 e. The van der Waals surface area contributed by atoms with Crippen molar-refractivity contribution in [3.05, 3.63) is 95.3 Å². The van der Waals surface area contributed by atoms with Gasteiger partial charge < -0.3 is 0 Å². The van der Waals surface area contributed by atoms with Crippen LogP contribution in [0.2, 0.25) is 0 Å². The summed E-state index contributed by atoms with van der Waals surface area (Å²) in [6, 6.07) is 17.0. The van der Waals surface area contributed by atoms with Crippen LogP contribution in [-0.4, -0.2) is 6.29 Å². The van der Waals surface area contributed by atoms with Gasteiger partial charge in [0.05, 0.1) is 5.56 Å². The van der Waals surface area contributed by atoms with Crippen molar-refractivity contribution < 1.29 is 18.0 Å². The second-order valence-corrected chi connectivity index (χ2v) is 7.98. The summed E-state index contributed by atoms with van der Waals surface area (Å²) in [5.41, 5.74) is 2.38. The number of carbonyl (C=O) groups is 1. The number of benzene rings is 4. The van der Waals surface area contributed by atoms with Gasteiger partial charge >= 0.3 is 0 Å². The van der Waals surface area contributed by atoms with Crippen molar-refractivity contribution in [1.82, 2.24) is 0 Å². The molecule has 4 aromatic rings. The number of halogens is 3. The summed E-state index contributed by atoms with van der Waals surface area (Å²) >= 11 is 0. The molecule has 0 aliphatic rings. The van der Waals surface area contributed by atoms with E-state index in [0.29, 0.717) is 11.1 Å². The van der Waals surface area contributed by atoms with E-state index in [-0.39, 0.29) is 16.7 Å². The van der Waals surface area contributed by atoms with Crippen molar-refractivity contribution in [2.75, 3.05) is 0 Å². The Bertz CT molecular complexity index is 1250. The topological polar surface area (TPSA) is 17.1 Å². The van der Waals surface area contributed by atoms with Crippen LogP contribution in [0.1, 0.15) is 42.1 Å². The summed E-state index contributed by atoms with van der Waals surface area (Å²) in [6.45, 7) is 2.16. The van der Waals surface area contributed by atoms with Crippen LogP contribution < -0.4 is 0 Å². The Morgan fingerprint density at radius 3 is 2.16 bits per heavy atom. The molecule has 0 saturated carbocycles. The van der Waals surface area contributed by atoms with Gasteiger partial charge in [0, 0.05) is 5.56 Å². The molecule has 32 heavy (non-hydrogen) atoms. The lowest BCUT2D eigenvalue weighted by Gasteiger charge is -2.13. The minimum Gasteiger partial charge on any atom is -0.298 e. The summed E-state index contributed by atoms with van der Waals surface area (Å²) in [4.78, 5) is 12.0. The van der Waals surface area contributed by atoms with Gasteiger partial charge in [0.2, 0.25) is 0 Å². The molecule has 0 heterocycles. The monoisotopic (exact) mass is 432 g/mol. The smallest absolute Gasteiger partial charge is 0.151 e. The molecule has 0 aliphatic heterocycles. The number of fused-ring (bicyclic) bond motifs is 1. The number of rotatable bonds is 7. The van der Waals surface area contributed by atoms with Gasteiger partial charge in [-0.25, -0.2) is 13.2 Å². The van der Waals surface area contributed by atoms with Gasteiger partial charge in [-0.05, 0) is 70.1 Å². The van der Waals surface area contributed by atoms with Gasteiger partial charge in [-0.15, -0.1) is 0 Å². The van der Waals surface area contributed by atoms with Gasteiger partial charge in [0.1, 0.15) is 17.5 Å². The van der Waals surface area contributed by atoms with E-state index >= 15 is 0 Å². The summed E-state index contributed by atoms with van der Waals surface area (Å²) in [7, 11) is 0. The summed E-state index contributed by atoms with van der Waals surface area (Å²) in [6.07, 6.45) is 5.14. The third-order valence-corrected chi connectivity index (χ3v) is 5.80. The van der Waals surface area contributed by atoms with E-state index in [1.54, 1.807) is 6.07 Å². The van der Waals surface area contributed by atoms with E-state index in [9.17, 15) is 18.0 Å². The van der Waals surface area contributed by atoms with E-state index in [1.807, 2.05) is 18.2 Å². The lowest BCUT2D eigenvalue weighted by atomic mass is 9.92. The molecule has 4 heteroatoms. The molecule has 4 aromatic carbocycles. The van der Waals surface area contributed by atoms with Crippen LogP contribution in [0, 0.1) is 17.5 Å². The lowest BCUT2D eigenvalue weighted by molar-refractivity contribution is 0.112. The van der Waals surface area contributed by atoms with Crippen LogP contribution in [0.25, 0.3) is 33.0 Å². The predicted molar refractivity (Wildman–Crippen MR) is 123 cm³/mol. The zero-order chi connectivity index (χ0) is 22.7. The summed E-state index contributed by atoms with van der Waals surface area (Å²) in [5.74, 6) is -2.02. The summed E-state index contributed by atoms with van der Waals surface area (Å²) < 4.78 is 43.0. The first-order valence-corrected chi connectivity index (χ1v) is 10.8. The maximum absolute atomic E-state index is 14.9. The average molecular weight is 432 g/mol. The Kier molecular flexibility index (Phi) is 6.40. The van der Waals surface area contributed by atoms with Crippen LogP contribution >= 0.6 is 0 Å². The molecule has 0 N–H and O–H groups in total. The third-order valence-electron chi connectivity index (χ3n) is 5.80. The van der Waals surface area contributed by atoms with Crippen LogP contribution in [-0.2, 0) is 6.42 Å². The fraction of sp³-hybridized carbons (Fsp3) is 0.179. The lowest BCUT2D eigenvalue weighted by Crippen LogP contribution is -1.96. The minimum atomic E-state index is -0.769. The molecule has 1 nitrogen and oxygen atoms in total. The second kappa shape index (κ2) is 9.39. The number of hydrogen-bond acceptors (Lipinski definition) is 1. The summed E-state index contributed by atoms with van der Waals surface area (Å²) in [5, 5.41) is 1.67. The number of aryl methyl sites for hydroxylation is 1. The van der Waals surface area contributed by atoms with Crippen molar-refractivity contribution in [3.8, 4) is 22.3 Å². The highest BCUT2D eigenvalue weighted by atomic mass is 19.1. The molecule has 0 radical (unpaired) electrons. The Hall–Kier alpha value is -3.40. The standard InChI is InChI=1S/C28H23F3O/c1-2-3-4-5-18-6-12-23-20(14-18)9-13-24(25(23)17-32)21-15-26(30)28(27(31)16-21)19-7-10-22(29)11-8-19/h6-17H,2-5H2,1H3. The average Bonchev–Trinajstić information content (AvgIpc) is 2.79. The molecule has 0 unspecified atom stereocenters. The van der Waals surface area contributed by atoms with Gasteiger partial charge in [-0.3, -0.25) is 4.79 Å². The largest absolute Gasteiger partial charge is 0.298 e. The van der Waals surface area contributed by atoms with Gasteiger partial charge in [-0.2, -0.15) is 0 Å². The minimum absolute atomic E-state index is 0.223. The molecule has 0 fully saturated rings. The molecule has 0 spiro atoms. The first kappa shape index (κ1) is 21.8. The van der Waals surface area contributed by atoms with Crippen LogP contribution in [0.5, 0.6) is 0 Å². The molecular weight excluding hydrogens is 409 g/mol. The maximum atomic E-state index is 14.9. The highest BCUT2D eigenvalue weighted by Crippen LogP contribution is 2.35. The van der Waals surface area contributed by atoms with E-state index in [0.717, 1.165) is 48.5 Å². The number of hydrogen-bond donors (Lipinski definition) is 0. The van der Waals surface area contributed by atoms with E-state index < -0.39 is 17.5 Å². The highest BCUT2D eigenvalue weighted by molar-refractivity contribution is 6.04. The van der Waals surface area contributed by atoms with Crippen LogP contribution in [0.3, 0.4) is 0 Å². The molecule has 0 aromatic heterocycles. The molecule has 4 rings (SSSR count). The Balaban J connectivity index is 1.76. The van der Waals surface area contributed by atoms with Crippen molar-refractivity contribution in [2.24, 2.45) is 0 Å². The van der Waals surface area contributed by atoms with Crippen molar-refractivity contribution in [3.63, 3.8) is 0 Å². The first-order valence-electron chi connectivity index (χ1n) is 10.8. The number of carbonyl (C=O) groups excluding carboxylic acids is 1. The zero-order valence-corrected chi connectivity index (χ0v) is 17.8. The van der Waals surface area contributed by atoms with Gasteiger partial charge in [0.25, 0.3) is 0 Å². The fourth-order valence-electron chi connectivity index (χ4n) is 4.14. The second-order valence-electron chi connectivity index (χ2n) is 7.98. The molecule has 0 aliphatic carbocycles. The normalized spacial score (nSPS) is 11.1. The van der Waals surface area contributed by atoms with Crippen molar-refractivity contribution in [2.45, 2.75) is 32.6 Å². The van der Waals surface area contributed by atoms with Crippen LogP contribution in [0.4, 0.5) is 13.2 Å². The molecule has 0 saturated heterocycles. The van der Waals surface area contributed by atoms with E-state index in [4.69, 9.17) is 0 Å². The zero-order valence-electron chi connectivity index (χ0n) is 17.8.